The number of rotatable bonds is 6. The molecule has 0 fully saturated rings. The van der Waals surface area contributed by atoms with Crippen LogP contribution in [0.3, 0.4) is 0 Å². The average molecular weight is 439 g/mol. The second-order valence-electron chi connectivity index (χ2n) is 7.66. The van der Waals surface area contributed by atoms with Crippen molar-refractivity contribution in [1.29, 1.82) is 0 Å². The number of hydrogen-bond donors (Lipinski definition) is 2. The second kappa shape index (κ2) is 8.63. The van der Waals surface area contributed by atoms with Gasteiger partial charge in [-0.15, -0.1) is 0 Å². The molecule has 5 aromatic rings. The number of aromatic amines is 1. The summed E-state index contributed by atoms with van der Waals surface area (Å²) in [7, 11) is 0. The number of nitrogens with one attached hydrogen (secondary N) is 2. The molecule has 3 aromatic heterocycles. The van der Waals surface area contributed by atoms with Crippen LogP contribution in [0.25, 0.3) is 27.7 Å². The standard InChI is InChI=1S/C26H19F2N5/c1-16(31-26-22(27)14-30-15-23(26)28)25-21-11-19(7-8-24(21)32-33-25)20-10-18(12-29-13-20)9-17-5-3-2-4-6-17/h2-8,10-15H,1,9H2,(H,30,31)(H,32,33). The van der Waals surface area contributed by atoms with E-state index in [1.54, 1.807) is 0 Å². The fraction of sp³-hybridized carbons (Fsp3) is 0.0385. The summed E-state index contributed by atoms with van der Waals surface area (Å²) in [6.07, 6.45) is 6.33. The number of nitrogens with zero attached hydrogens (tertiary/aromatic N) is 3. The highest BCUT2D eigenvalue weighted by molar-refractivity contribution is 5.95. The van der Waals surface area contributed by atoms with Gasteiger partial charge in [-0.05, 0) is 41.3 Å². The van der Waals surface area contributed by atoms with Gasteiger partial charge in [0.2, 0.25) is 0 Å². The molecule has 7 heteroatoms. The predicted octanol–water partition coefficient (Wildman–Crippen LogP) is 5.97. The first-order valence-corrected chi connectivity index (χ1v) is 10.3. The lowest BCUT2D eigenvalue weighted by molar-refractivity contribution is 0.580. The van der Waals surface area contributed by atoms with Crippen LogP contribution in [0.2, 0.25) is 0 Å². The van der Waals surface area contributed by atoms with Crippen molar-refractivity contribution >= 4 is 22.3 Å². The zero-order chi connectivity index (χ0) is 22.8. The highest BCUT2D eigenvalue weighted by Crippen LogP contribution is 2.30. The molecule has 0 saturated carbocycles. The number of benzene rings is 2. The smallest absolute Gasteiger partial charge is 0.167 e. The molecule has 33 heavy (non-hydrogen) atoms. The summed E-state index contributed by atoms with van der Waals surface area (Å²) in [6, 6.07) is 18.2. The van der Waals surface area contributed by atoms with Gasteiger partial charge in [0.05, 0.1) is 23.6 Å². The molecule has 3 heterocycles. The fourth-order valence-corrected chi connectivity index (χ4v) is 3.74. The largest absolute Gasteiger partial charge is 0.349 e. The maximum atomic E-state index is 14.0. The summed E-state index contributed by atoms with van der Waals surface area (Å²) in [5, 5.41) is 10.7. The van der Waals surface area contributed by atoms with Crippen LogP contribution in [-0.2, 0) is 6.42 Å². The summed E-state index contributed by atoms with van der Waals surface area (Å²) in [5.41, 5.74) is 5.40. The van der Waals surface area contributed by atoms with Crippen molar-refractivity contribution in [3.8, 4) is 11.1 Å². The normalized spacial score (nSPS) is 11.0. The van der Waals surface area contributed by atoms with Crippen molar-refractivity contribution in [3.63, 3.8) is 0 Å². The Morgan fingerprint density at radius 2 is 1.61 bits per heavy atom. The zero-order valence-corrected chi connectivity index (χ0v) is 17.5. The van der Waals surface area contributed by atoms with Gasteiger partial charge in [0.15, 0.2) is 11.6 Å². The summed E-state index contributed by atoms with van der Waals surface area (Å²) in [4.78, 5) is 7.91. The molecule has 0 unspecified atom stereocenters. The molecule has 0 saturated heterocycles. The van der Waals surface area contributed by atoms with Crippen molar-refractivity contribution in [1.82, 2.24) is 20.2 Å². The Labute approximate surface area is 188 Å². The van der Waals surface area contributed by atoms with E-state index >= 15 is 0 Å². The van der Waals surface area contributed by atoms with Gasteiger partial charge < -0.3 is 5.32 Å². The molecular formula is C26H19F2N5. The van der Waals surface area contributed by atoms with Crippen LogP contribution in [0.4, 0.5) is 14.5 Å². The van der Waals surface area contributed by atoms with Crippen molar-refractivity contribution in [2.24, 2.45) is 0 Å². The monoisotopic (exact) mass is 439 g/mol. The Kier molecular flexibility index (Phi) is 5.36. The molecule has 0 atom stereocenters. The van der Waals surface area contributed by atoms with Crippen LogP contribution >= 0.6 is 0 Å². The van der Waals surface area contributed by atoms with E-state index in [0.717, 1.165) is 46.4 Å². The highest BCUT2D eigenvalue weighted by Gasteiger charge is 2.15. The summed E-state index contributed by atoms with van der Waals surface area (Å²) in [5.74, 6) is -1.61. The Bertz CT molecular complexity index is 1440. The van der Waals surface area contributed by atoms with Gasteiger partial charge in [-0.3, -0.25) is 15.1 Å². The third-order valence-corrected chi connectivity index (χ3v) is 5.36. The number of H-pyrrole nitrogens is 1. The van der Waals surface area contributed by atoms with E-state index in [0.29, 0.717) is 5.69 Å². The lowest BCUT2D eigenvalue weighted by Gasteiger charge is -2.10. The van der Waals surface area contributed by atoms with Gasteiger partial charge in [-0.25, -0.2) is 8.78 Å². The van der Waals surface area contributed by atoms with E-state index in [1.165, 1.54) is 5.56 Å². The first-order chi connectivity index (χ1) is 16.1. The Morgan fingerprint density at radius 1 is 0.848 bits per heavy atom. The third kappa shape index (κ3) is 4.21. The molecule has 0 aliphatic carbocycles. The van der Waals surface area contributed by atoms with E-state index in [1.807, 2.05) is 48.8 Å². The fourth-order valence-electron chi connectivity index (χ4n) is 3.74. The Morgan fingerprint density at radius 3 is 2.39 bits per heavy atom. The second-order valence-corrected chi connectivity index (χ2v) is 7.66. The maximum absolute atomic E-state index is 14.0. The number of anilines is 1. The van der Waals surface area contributed by atoms with Crippen LogP contribution < -0.4 is 5.32 Å². The zero-order valence-electron chi connectivity index (χ0n) is 17.5. The minimum atomic E-state index is -0.807. The molecular weight excluding hydrogens is 420 g/mol. The number of halogens is 2. The SMILES string of the molecule is C=C(Nc1c(F)cncc1F)c1n[nH]c2ccc(-c3cncc(Cc4ccccc4)c3)cc12. The molecule has 5 nitrogen and oxygen atoms in total. The van der Waals surface area contributed by atoms with E-state index in [-0.39, 0.29) is 11.4 Å². The minimum absolute atomic E-state index is 0.262. The average Bonchev–Trinajstić information content (AvgIpc) is 3.26. The van der Waals surface area contributed by atoms with E-state index in [4.69, 9.17) is 0 Å². The maximum Gasteiger partial charge on any atom is 0.167 e. The van der Waals surface area contributed by atoms with E-state index in [2.05, 4.69) is 50.3 Å². The molecule has 0 aliphatic heterocycles. The van der Waals surface area contributed by atoms with Gasteiger partial charge >= 0.3 is 0 Å². The van der Waals surface area contributed by atoms with Gasteiger partial charge in [-0.1, -0.05) is 43.0 Å². The van der Waals surface area contributed by atoms with Crippen molar-refractivity contribution in [3.05, 3.63) is 114 Å². The first-order valence-electron chi connectivity index (χ1n) is 10.3. The number of aromatic nitrogens is 4. The van der Waals surface area contributed by atoms with E-state index < -0.39 is 11.6 Å². The van der Waals surface area contributed by atoms with Crippen molar-refractivity contribution in [2.45, 2.75) is 6.42 Å². The number of pyridine rings is 2. The minimum Gasteiger partial charge on any atom is -0.349 e. The van der Waals surface area contributed by atoms with E-state index in [9.17, 15) is 8.78 Å². The topological polar surface area (TPSA) is 66.5 Å². The molecule has 2 N–H and O–H groups in total. The predicted molar refractivity (Wildman–Crippen MR) is 125 cm³/mol. The first kappa shape index (κ1) is 20.5. The third-order valence-electron chi connectivity index (χ3n) is 5.36. The lowest BCUT2D eigenvalue weighted by Crippen LogP contribution is -2.03. The highest BCUT2D eigenvalue weighted by atomic mass is 19.1. The Balaban J connectivity index is 1.46. The van der Waals surface area contributed by atoms with Gasteiger partial charge in [0, 0.05) is 23.3 Å². The van der Waals surface area contributed by atoms with Gasteiger partial charge in [0.1, 0.15) is 11.4 Å². The quantitative estimate of drug-likeness (QED) is 0.342. The Hall–Kier alpha value is -4.39. The van der Waals surface area contributed by atoms with Crippen LogP contribution in [0.15, 0.2) is 86.0 Å². The van der Waals surface area contributed by atoms with Crippen LogP contribution in [-0.4, -0.2) is 20.2 Å². The molecule has 162 valence electrons. The van der Waals surface area contributed by atoms with Crippen LogP contribution in [0.1, 0.15) is 16.8 Å². The molecule has 0 amide bonds. The summed E-state index contributed by atoms with van der Waals surface area (Å²) in [6.45, 7) is 3.93. The molecule has 0 spiro atoms. The van der Waals surface area contributed by atoms with Gasteiger partial charge in [-0.2, -0.15) is 5.10 Å². The molecule has 0 bridgehead atoms. The number of hydrogen-bond acceptors (Lipinski definition) is 4. The number of fused-ring (bicyclic) bond motifs is 1. The lowest BCUT2D eigenvalue weighted by atomic mass is 10.0. The van der Waals surface area contributed by atoms with Crippen molar-refractivity contribution in [2.75, 3.05) is 5.32 Å². The molecule has 0 aliphatic rings. The van der Waals surface area contributed by atoms with Gasteiger partial charge in [0.25, 0.3) is 0 Å². The molecule has 0 radical (unpaired) electrons. The summed E-state index contributed by atoms with van der Waals surface area (Å²) >= 11 is 0. The van der Waals surface area contributed by atoms with Crippen LogP contribution in [0, 0.1) is 11.6 Å². The van der Waals surface area contributed by atoms with Crippen LogP contribution in [0.5, 0.6) is 0 Å². The van der Waals surface area contributed by atoms with Crippen molar-refractivity contribution < 1.29 is 8.78 Å². The molecule has 2 aromatic carbocycles. The molecule has 5 rings (SSSR count). The summed E-state index contributed by atoms with van der Waals surface area (Å²) < 4.78 is 28.0.